The fraction of sp³-hybridized carbons (Fsp3) is 0.567. The van der Waals surface area contributed by atoms with Gasteiger partial charge in [-0.1, -0.05) is 59.7 Å². The molecule has 25 N–H and O–H groups in total. The third-order valence-electron chi connectivity index (χ3n) is 14.8. The third-order valence-corrected chi connectivity index (χ3v) is 14.8. The Kier molecular flexibility index (Phi) is 31.7. The molecule has 9 atom stereocenters. The highest BCUT2D eigenvalue weighted by Crippen LogP contribution is 2.20. The van der Waals surface area contributed by atoms with Gasteiger partial charge >= 0.3 is 5.97 Å². The molecule has 9 amide bonds. The number of nitrogens with one attached hydrogen (secondary N) is 12. The average molecular weight is 1300 g/mol. The van der Waals surface area contributed by atoms with Crippen LogP contribution in [0.5, 0.6) is 0 Å². The van der Waals surface area contributed by atoms with Crippen molar-refractivity contribution in [2.75, 3.05) is 26.2 Å². The number of carbonyl (C=O) groups is 10. The van der Waals surface area contributed by atoms with E-state index in [9.17, 15) is 53.1 Å². The Morgan fingerprint density at radius 2 is 1.00 bits per heavy atom. The smallest absolute Gasteiger partial charge is 0.326 e. The van der Waals surface area contributed by atoms with Crippen LogP contribution in [0.3, 0.4) is 0 Å². The highest BCUT2D eigenvalue weighted by molar-refractivity contribution is 5.98. The number of carboxylic acid groups (broad SMARTS) is 1. The van der Waals surface area contributed by atoms with Gasteiger partial charge in [0.25, 0.3) is 0 Å². The molecule has 1 aromatic carbocycles. The summed E-state index contributed by atoms with van der Waals surface area (Å²) in [6, 6.07) is -4.31. The summed E-state index contributed by atoms with van der Waals surface area (Å²) in [7, 11) is 0. The van der Waals surface area contributed by atoms with Gasteiger partial charge in [0.05, 0.1) is 25.2 Å². The number of rotatable bonds is 42. The van der Waals surface area contributed by atoms with E-state index in [0.29, 0.717) is 36.2 Å². The molecule has 93 heavy (non-hydrogen) atoms. The van der Waals surface area contributed by atoms with E-state index < -0.39 is 126 Å². The first-order valence-corrected chi connectivity index (χ1v) is 31.1. The quantitative estimate of drug-likeness (QED) is 0.0120. The van der Waals surface area contributed by atoms with Gasteiger partial charge in [0.2, 0.25) is 53.2 Å². The highest BCUT2D eigenvalue weighted by Gasteiger charge is 2.36. The summed E-state index contributed by atoms with van der Waals surface area (Å²) in [5.41, 5.74) is 36.4. The number of unbranched alkanes of at least 4 members (excludes halogenated alkanes) is 1. The first-order valence-electron chi connectivity index (χ1n) is 31.1. The summed E-state index contributed by atoms with van der Waals surface area (Å²) < 4.78 is 0. The van der Waals surface area contributed by atoms with Crippen molar-refractivity contribution in [1.82, 2.24) is 72.8 Å². The average Bonchev–Trinajstić information content (AvgIpc) is 1.80. The standard InChI is InChI=1S/C60H96N22O11/c1-32(2)21-39(62)50(84)78-46(25-37-28-68-31-74-37)55(89)76-42(15-9-10-18-61)53(87)79-44(22-33(3)4)56(90)82-49(34(5)6)57(91)77-43(17-12-20-70-60(65)66)54(88)80-45(24-36-27-67-30-73-36)51(85)72-29-48(83)75-41(16-11-19-69-59(63)64)52(86)81-47(58(92)93)23-35-26-71-40-14-8-7-13-38(35)40/h7-8,13-14,26-28,30-34,39,41-47,49,71H,9-12,15-25,29,61-62H2,1-6H3,(H,67,73)(H,68,74)(H,72,85)(H,75,83)(H,76,89)(H,77,91)(H,78,84)(H,79,87)(H,80,88)(H,81,86)(H,82,90)(H,92,93)(H4,63,64,69)(H4,65,66,70)/t39-,41-,42-,43-,44-,45-,46-,47-,49-/m0/s1. The van der Waals surface area contributed by atoms with E-state index in [2.05, 4.69) is 82.8 Å². The van der Waals surface area contributed by atoms with Gasteiger partial charge in [0, 0.05) is 73.2 Å². The van der Waals surface area contributed by atoms with Crippen LogP contribution in [-0.4, -0.2) is 182 Å². The molecule has 0 saturated heterocycles. The number of carbonyl (C=O) groups excluding carboxylic acids is 9. The minimum atomic E-state index is -1.44. The van der Waals surface area contributed by atoms with E-state index in [0.717, 1.165) is 10.9 Å². The Balaban J connectivity index is 1.53. The second-order valence-corrected chi connectivity index (χ2v) is 23.9. The number of aliphatic imine (C=N–C) groups is 2. The molecule has 0 aliphatic rings. The number of nitrogens with zero attached hydrogens (tertiary/aromatic N) is 4. The van der Waals surface area contributed by atoms with Crippen LogP contribution in [0, 0.1) is 17.8 Å². The van der Waals surface area contributed by atoms with E-state index in [1.54, 1.807) is 32.2 Å². The normalized spacial score (nSPS) is 14.2. The minimum Gasteiger partial charge on any atom is -0.480 e. The van der Waals surface area contributed by atoms with Gasteiger partial charge in [0.15, 0.2) is 11.9 Å². The lowest BCUT2D eigenvalue weighted by molar-refractivity contribution is -0.142. The molecule has 0 radical (unpaired) electrons. The van der Waals surface area contributed by atoms with Gasteiger partial charge in [-0.15, -0.1) is 0 Å². The largest absolute Gasteiger partial charge is 0.480 e. The van der Waals surface area contributed by atoms with Gasteiger partial charge in [0.1, 0.15) is 48.3 Å². The predicted molar refractivity (Wildman–Crippen MR) is 347 cm³/mol. The number of nitrogens with two attached hydrogens (primary N) is 6. The molecule has 3 heterocycles. The maximum Gasteiger partial charge on any atom is 0.326 e. The Morgan fingerprint density at radius 3 is 1.52 bits per heavy atom. The lowest BCUT2D eigenvalue weighted by Gasteiger charge is -2.29. The van der Waals surface area contributed by atoms with E-state index in [4.69, 9.17) is 34.4 Å². The number of hydrogen-bond acceptors (Lipinski definition) is 16. The lowest BCUT2D eigenvalue weighted by atomic mass is 9.98. The fourth-order valence-corrected chi connectivity index (χ4v) is 9.95. The Bertz CT molecular complexity index is 3120. The Labute approximate surface area is 539 Å². The topological polar surface area (TPSA) is 553 Å². The molecule has 0 bridgehead atoms. The maximum atomic E-state index is 14.5. The predicted octanol–water partition coefficient (Wildman–Crippen LogP) is -2.97. The van der Waals surface area contributed by atoms with Crippen molar-refractivity contribution in [2.24, 2.45) is 62.1 Å². The molecule has 4 aromatic rings. The van der Waals surface area contributed by atoms with Crippen LogP contribution >= 0.6 is 0 Å². The second-order valence-electron chi connectivity index (χ2n) is 23.9. The molecule has 3 aromatic heterocycles. The van der Waals surface area contributed by atoms with Crippen LogP contribution in [0.4, 0.5) is 0 Å². The number of amides is 9. The Morgan fingerprint density at radius 1 is 0.527 bits per heavy atom. The summed E-state index contributed by atoms with van der Waals surface area (Å²) in [5, 5.41) is 34.9. The third kappa shape index (κ3) is 27.0. The van der Waals surface area contributed by atoms with Crippen LogP contribution in [0.2, 0.25) is 0 Å². The summed E-state index contributed by atoms with van der Waals surface area (Å²) in [6.45, 7) is 10.4. The molecule has 33 nitrogen and oxygen atoms in total. The van der Waals surface area contributed by atoms with Crippen molar-refractivity contribution < 1.29 is 53.1 Å². The molecule has 4 rings (SSSR count). The Hall–Kier alpha value is -9.66. The molecule has 0 aliphatic carbocycles. The molecule has 512 valence electrons. The molecular formula is C60H96N22O11. The number of imidazole rings is 2. The molecule has 33 heteroatoms. The molecular weight excluding hydrogens is 1200 g/mol. The van der Waals surface area contributed by atoms with Crippen molar-refractivity contribution >= 4 is 82.0 Å². The van der Waals surface area contributed by atoms with Crippen molar-refractivity contribution in [1.29, 1.82) is 0 Å². The second kappa shape index (κ2) is 38.9. The zero-order valence-electron chi connectivity index (χ0n) is 53.7. The van der Waals surface area contributed by atoms with Gasteiger partial charge in [-0.3, -0.25) is 53.1 Å². The molecule has 0 fully saturated rings. The number of aromatic nitrogens is 5. The number of aliphatic carboxylic acids is 1. The summed E-state index contributed by atoms with van der Waals surface area (Å²) in [6.07, 6.45) is 8.50. The lowest BCUT2D eigenvalue weighted by Crippen LogP contribution is -2.61. The monoisotopic (exact) mass is 1300 g/mol. The van der Waals surface area contributed by atoms with Crippen molar-refractivity contribution in [3.8, 4) is 0 Å². The minimum absolute atomic E-state index is 0.0180. The number of H-pyrrole nitrogens is 3. The van der Waals surface area contributed by atoms with Crippen molar-refractivity contribution in [3.05, 3.63) is 72.5 Å². The zero-order chi connectivity index (χ0) is 68.7. The number of guanidine groups is 2. The first kappa shape index (κ1) is 75.8. The number of para-hydroxylation sites is 1. The summed E-state index contributed by atoms with van der Waals surface area (Å²) >= 11 is 0. The zero-order valence-corrected chi connectivity index (χ0v) is 53.7. The number of carboxylic acids is 1. The highest BCUT2D eigenvalue weighted by atomic mass is 16.4. The molecule has 0 saturated carbocycles. The molecule has 0 unspecified atom stereocenters. The van der Waals surface area contributed by atoms with Gasteiger partial charge < -0.3 is 102 Å². The number of hydrogen-bond donors (Lipinski definition) is 19. The van der Waals surface area contributed by atoms with E-state index in [-0.39, 0.29) is 101 Å². The summed E-state index contributed by atoms with van der Waals surface area (Å²) in [5.74, 6) is -9.59. The van der Waals surface area contributed by atoms with Gasteiger partial charge in [-0.25, -0.2) is 14.8 Å². The maximum absolute atomic E-state index is 14.5. The van der Waals surface area contributed by atoms with E-state index >= 15 is 0 Å². The number of aromatic amines is 3. The first-order chi connectivity index (χ1) is 44.1. The van der Waals surface area contributed by atoms with Crippen LogP contribution in [-0.2, 0) is 67.2 Å². The van der Waals surface area contributed by atoms with E-state index in [1.807, 2.05) is 39.8 Å². The van der Waals surface area contributed by atoms with Gasteiger partial charge in [-0.2, -0.15) is 0 Å². The molecule has 0 spiro atoms. The van der Waals surface area contributed by atoms with Crippen LogP contribution in [0.25, 0.3) is 10.9 Å². The van der Waals surface area contributed by atoms with Crippen LogP contribution in [0.15, 0.2) is 65.5 Å². The van der Waals surface area contributed by atoms with Crippen LogP contribution < -0.4 is 82.3 Å². The summed E-state index contributed by atoms with van der Waals surface area (Å²) in [4.78, 5) is 164. The van der Waals surface area contributed by atoms with Crippen LogP contribution in [0.1, 0.15) is 116 Å². The van der Waals surface area contributed by atoms with Crippen molar-refractivity contribution in [3.63, 3.8) is 0 Å². The number of fused-ring (bicyclic) bond motifs is 1. The van der Waals surface area contributed by atoms with Gasteiger partial charge in [-0.05, 0) is 93.7 Å². The fourth-order valence-electron chi connectivity index (χ4n) is 9.95. The SMILES string of the molecule is CC(C)C[C@H](NC(=O)[C@H](CCCCN)NC(=O)[C@H](Cc1cnc[nH]1)NC(=O)[C@@H](N)CC(C)C)C(=O)N[C@H](C(=O)N[C@@H](CCCN=C(N)N)C(=O)N[C@@H](Cc1cnc[nH]1)C(=O)NCC(=O)N[C@@H](CCCN=C(N)N)C(=O)N[C@@H](Cc1c[nH]c2ccccc12)C(=O)O)C(C)C. The molecule has 0 aliphatic heterocycles. The van der Waals surface area contributed by atoms with Crippen molar-refractivity contribution in [2.45, 2.75) is 173 Å². The van der Waals surface area contributed by atoms with E-state index in [1.165, 1.54) is 25.0 Å². The number of benzene rings is 1.